The zero-order valence-corrected chi connectivity index (χ0v) is 10.2. The van der Waals surface area contributed by atoms with Crippen molar-refractivity contribution >= 4 is 0 Å². The average Bonchev–Trinajstić information content (AvgIpc) is 2.18. The van der Waals surface area contributed by atoms with Gasteiger partial charge in [-0.05, 0) is 44.6 Å². The highest BCUT2D eigenvalue weighted by Crippen LogP contribution is 2.27. The Balaban J connectivity index is 2.35. The van der Waals surface area contributed by atoms with Crippen molar-refractivity contribution in [2.45, 2.75) is 46.1 Å². The molecule has 0 aromatic rings. The van der Waals surface area contributed by atoms with E-state index in [0.717, 1.165) is 24.8 Å². The summed E-state index contributed by atoms with van der Waals surface area (Å²) in [4.78, 5) is 0. The molecule has 3 unspecified atom stereocenters. The van der Waals surface area contributed by atoms with Crippen LogP contribution in [0.2, 0.25) is 0 Å². The Labute approximate surface area is 94.3 Å². The SMILES string of the molecule is C#CC(CC)NCC1CC(C)=CC(C)C1. The fraction of sp³-hybridized carbons (Fsp3) is 0.714. The van der Waals surface area contributed by atoms with Gasteiger partial charge in [0.25, 0.3) is 0 Å². The molecule has 0 amide bonds. The van der Waals surface area contributed by atoms with Gasteiger partial charge in [-0.2, -0.15) is 0 Å². The van der Waals surface area contributed by atoms with Crippen molar-refractivity contribution in [1.82, 2.24) is 5.32 Å². The maximum atomic E-state index is 5.43. The first-order chi connectivity index (χ1) is 7.15. The fourth-order valence-corrected chi connectivity index (χ4v) is 2.47. The molecule has 1 heteroatoms. The van der Waals surface area contributed by atoms with E-state index in [1.807, 2.05) is 0 Å². The van der Waals surface area contributed by atoms with Crippen LogP contribution in [0.5, 0.6) is 0 Å². The molecule has 0 fully saturated rings. The third kappa shape index (κ3) is 4.10. The molecule has 0 heterocycles. The van der Waals surface area contributed by atoms with Crippen molar-refractivity contribution in [3.8, 4) is 12.3 Å². The Morgan fingerprint density at radius 3 is 2.93 bits per heavy atom. The molecule has 1 rings (SSSR count). The van der Waals surface area contributed by atoms with E-state index in [1.165, 1.54) is 18.4 Å². The van der Waals surface area contributed by atoms with Gasteiger partial charge in [-0.25, -0.2) is 0 Å². The minimum atomic E-state index is 0.256. The molecule has 3 atom stereocenters. The lowest BCUT2D eigenvalue weighted by molar-refractivity contribution is 0.372. The topological polar surface area (TPSA) is 12.0 Å². The molecule has 0 spiro atoms. The second kappa shape index (κ2) is 5.98. The molecule has 0 saturated heterocycles. The maximum Gasteiger partial charge on any atom is 0.0684 e. The maximum absolute atomic E-state index is 5.43. The van der Waals surface area contributed by atoms with E-state index in [1.54, 1.807) is 0 Å². The van der Waals surface area contributed by atoms with Gasteiger partial charge in [-0.15, -0.1) is 6.42 Å². The van der Waals surface area contributed by atoms with Crippen LogP contribution in [0.1, 0.15) is 40.0 Å². The molecule has 84 valence electrons. The third-order valence-corrected chi connectivity index (χ3v) is 3.15. The second-order valence-corrected chi connectivity index (χ2v) is 4.83. The molecule has 0 aromatic carbocycles. The molecule has 0 aromatic heterocycles. The third-order valence-electron chi connectivity index (χ3n) is 3.15. The summed E-state index contributed by atoms with van der Waals surface area (Å²) in [7, 11) is 0. The van der Waals surface area contributed by atoms with Gasteiger partial charge in [0.2, 0.25) is 0 Å². The first kappa shape index (κ1) is 12.3. The van der Waals surface area contributed by atoms with Crippen molar-refractivity contribution in [3.63, 3.8) is 0 Å². The zero-order chi connectivity index (χ0) is 11.3. The first-order valence-corrected chi connectivity index (χ1v) is 6.02. The zero-order valence-electron chi connectivity index (χ0n) is 10.2. The Morgan fingerprint density at radius 1 is 1.67 bits per heavy atom. The number of terminal acetylenes is 1. The van der Waals surface area contributed by atoms with Crippen molar-refractivity contribution in [2.75, 3.05) is 6.54 Å². The summed E-state index contributed by atoms with van der Waals surface area (Å²) in [6.07, 6.45) is 11.4. The first-order valence-electron chi connectivity index (χ1n) is 6.02. The summed E-state index contributed by atoms with van der Waals surface area (Å²) in [5.74, 6) is 4.29. The van der Waals surface area contributed by atoms with Gasteiger partial charge in [-0.1, -0.05) is 31.4 Å². The van der Waals surface area contributed by atoms with E-state index < -0.39 is 0 Å². The lowest BCUT2D eigenvalue weighted by Gasteiger charge is -2.26. The predicted molar refractivity (Wildman–Crippen MR) is 66.6 cm³/mol. The van der Waals surface area contributed by atoms with E-state index in [4.69, 9.17) is 6.42 Å². The number of hydrogen-bond acceptors (Lipinski definition) is 1. The van der Waals surface area contributed by atoms with E-state index >= 15 is 0 Å². The summed E-state index contributed by atoms with van der Waals surface area (Å²) in [6, 6.07) is 0.256. The summed E-state index contributed by atoms with van der Waals surface area (Å²) in [5, 5.41) is 3.47. The van der Waals surface area contributed by atoms with Crippen LogP contribution in [0, 0.1) is 24.2 Å². The molecular formula is C14H23N. The van der Waals surface area contributed by atoms with E-state index in [2.05, 4.69) is 38.1 Å². The molecule has 15 heavy (non-hydrogen) atoms. The number of allylic oxidation sites excluding steroid dienone is 2. The van der Waals surface area contributed by atoms with Gasteiger partial charge in [0.1, 0.15) is 0 Å². The Kier molecular flexibility index (Phi) is 4.91. The van der Waals surface area contributed by atoms with Crippen molar-refractivity contribution < 1.29 is 0 Å². The molecule has 0 aliphatic heterocycles. The van der Waals surface area contributed by atoms with E-state index in [-0.39, 0.29) is 6.04 Å². The van der Waals surface area contributed by atoms with Gasteiger partial charge >= 0.3 is 0 Å². The molecule has 0 bridgehead atoms. The second-order valence-electron chi connectivity index (χ2n) is 4.83. The van der Waals surface area contributed by atoms with E-state index in [0.29, 0.717) is 0 Å². The number of nitrogens with one attached hydrogen (secondary N) is 1. The molecule has 0 saturated carbocycles. The molecule has 1 aliphatic rings. The van der Waals surface area contributed by atoms with Crippen molar-refractivity contribution in [1.29, 1.82) is 0 Å². The van der Waals surface area contributed by atoms with Crippen LogP contribution >= 0.6 is 0 Å². The Morgan fingerprint density at radius 2 is 2.40 bits per heavy atom. The largest absolute Gasteiger partial charge is 0.303 e. The average molecular weight is 205 g/mol. The lowest BCUT2D eigenvalue weighted by Crippen LogP contribution is -2.33. The molecule has 1 N–H and O–H groups in total. The van der Waals surface area contributed by atoms with Gasteiger partial charge in [0.05, 0.1) is 6.04 Å². The highest BCUT2D eigenvalue weighted by atomic mass is 14.9. The minimum Gasteiger partial charge on any atom is -0.303 e. The highest BCUT2D eigenvalue weighted by Gasteiger charge is 2.18. The highest BCUT2D eigenvalue weighted by molar-refractivity contribution is 5.07. The van der Waals surface area contributed by atoms with Crippen LogP contribution in [0.4, 0.5) is 0 Å². The molecule has 1 aliphatic carbocycles. The fourth-order valence-electron chi connectivity index (χ4n) is 2.47. The molecule has 0 radical (unpaired) electrons. The quantitative estimate of drug-likeness (QED) is 0.549. The summed E-state index contributed by atoms with van der Waals surface area (Å²) in [6.45, 7) is 7.74. The predicted octanol–water partition coefficient (Wildman–Crippen LogP) is 2.98. The van der Waals surface area contributed by atoms with Gasteiger partial charge in [0, 0.05) is 0 Å². The number of hydrogen-bond donors (Lipinski definition) is 1. The van der Waals surface area contributed by atoms with Crippen LogP contribution in [-0.2, 0) is 0 Å². The lowest BCUT2D eigenvalue weighted by atomic mass is 9.83. The van der Waals surface area contributed by atoms with E-state index in [9.17, 15) is 0 Å². The number of rotatable bonds is 4. The standard InChI is InChI=1S/C14H23N/c1-5-14(6-2)15-10-13-8-11(3)7-12(4)9-13/h1,7,11,13-15H,6,8-10H2,2-4H3. The molecule has 1 nitrogen and oxygen atoms in total. The van der Waals surface area contributed by atoms with Crippen LogP contribution in [0.15, 0.2) is 11.6 Å². The summed E-state index contributed by atoms with van der Waals surface area (Å²) < 4.78 is 0. The van der Waals surface area contributed by atoms with Crippen LogP contribution in [0.25, 0.3) is 0 Å². The monoisotopic (exact) mass is 205 g/mol. The van der Waals surface area contributed by atoms with Gasteiger partial charge in [0.15, 0.2) is 0 Å². The Bertz CT molecular complexity index is 259. The Hall–Kier alpha value is -0.740. The smallest absolute Gasteiger partial charge is 0.0684 e. The van der Waals surface area contributed by atoms with Crippen LogP contribution in [-0.4, -0.2) is 12.6 Å². The van der Waals surface area contributed by atoms with Gasteiger partial charge < -0.3 is 5.32 Å². The van der Waals surface area contributed by atoms with Crippen molar-refractivity contribution in [2.24, 2.45) is 11.8 Å². The van der Waals surface area contributed by atoms with Crippen LogP contribution < -0.4 is 5.32 Å². The summed E-state index contributed by atoms with van der Waals surface area (Å²) in [5.41, 5.74) is 1.54. The molecular weight excluding hydrogens is 182 g/mol. The minimum absolute atomic E-state index is 0.256. The van der Waals surface area contributed by atoms with Crippen molar-refractivity contribution in [3.05, 3.63) is 11.6 Å². The van der Waals surface area contributed by atoms with Gasteiger partial charge in [-0.3, -0.25) is 0 Å². The normalized spacial score (nSPS) is 28.0. The van der Waals surface area contributed by atoms with Crippen LogP contribution in [0.3, 0.4) is 0 Å². The summed E-state index contributed by atoms with van der Waals surface area (Å²) >= 11 is 0.